The third-order valence-electron chi connectivity index (χ3n) is 3.36. The van der Waals surface area contributed by atoms with Crippen molar-refractivity contribution in [2.45, 2.75) is 12.4 Å². The third kappa shape index (κ3) is 4.25. The van der Waals surface area contributed by atoms with Crippen LogP contribution >= 0.6 is 0 Å². The van der Waals surface area contributed by atoms with Gasteiger partial charge in [0.2, 0.25) is 0 Å². The van der Waals surface area contributed by atoms with Crippen LogP contribution in [-0.2, 0) is 4.79 Å². The number of carboxylic acid groups (broad SMARTS) is 1. The van der Waals surface area contributed by atoms with Crippen LogP contribution < -0.4 is 14.8 Å². The summed E-state index contributed by atoms with van der Waals surface area (Å²) in [6.45, 7) is 0. The first-order valence-corrected chi connectivity index (χ1v) is 7.21. The lowest BCUT2D eigenvalue weighted by Crippen LogP contribution is -2.30. The minimum absolute atomic E-state index is 0.225. The van der Waals surface area contributed by atoms with Crippen molar-refractivity contribution in [1.82, 2.24) is 5.32 Å². The van der Waals surface area contributed by atoms with Gasteiger partial charge in [0.25, 0.3) is 5.91 Å². The van der Waals surface area contributed by atoms with E-state index < -0.39 is 24.3 Å². The molecule has 1 atom stereocenters. The van der Waals surface area contributed by atoms with Crippen LogP contribution in [0.15, 0.2) is 48.5 Å². The fourth-order valence-electron chi connectivity index (χ4n) is 2.20. The van der Waals surface area contributed by atoms with E-state index in [-0.39, 0.29) is 11.3 Å². The first-order chi connectivity index (χ1) is 11.9. The SMILES string of the molecule is [2H]C(CC(=O)O)(NC(=O)c1ccccc1)c1ccc(OC)cc1OC. The van der Waals surface area contributed by atoms with Gasteiger partial charge < -0.3 is 19.9 Å². The van der Waals surface area contributed by atoms with Crippen molar-refractivity contribution in [3.63, 3.8) is 0 Å². The van der Waals surface area contributed by atoms with Crippen LogP contribution in [0.5, 0.6) is 11.5 Å². The van der Waals surface area contributed by atoms with Crippen LogP contribution in [0.2, 0.25) is 0 Å². The molecule has 126 valence electrons. The maximum Gasteiger partial charge on any atom is 0.305 e. The Hall–Kier alpha value is -3.02. The van der Waals surface area contributed by atoms with Crippen molar-refractivity contribution in [3.05, 3.63) is 59.7 Å². The van der Waals surface area contributed by atoms with Gasteiger partial charge in [0.05, 0.1) is 28.0 Å². The van der Waals surface area contributed by atoms with Crippen LogP contribution in [0.3, 0.4) is 0 Å². The number of ether oxygens (including phenoxy) is 2. The molecular weight excluding hydrogens is 310 g/mol. The minimum Gasteiger partial charge on any atom is -0.497 e. The Morgan fingerprint density at radius 3 is 2.46 bits per heavy atom. The van der Waals surface area contributed by atoms with Crippen molar-refractivity contribution >= 4 is 11.9 Å². The first-order valence-electron chi connectivity index (χ1n) is 7.71. The normalized spacial score (nSPS) is 13.3. The van der Waals surface area contributed by atoms with Crippen LogP contribution in [0.1, 0.15) is 29.7 Å². The molecule has 0 aliphatic carbocycles. The van der Waals surface area contributed by atoms with Crippen molar-refractivity contribution in [1.29, 1.82) is 0 Å². The Kier molecular flexibility index (Phi) is 5.29. The fourth-order valence-corrected chi connectivity index (χ4v) is 2.20. The highest BCUT2D eigenvalue weighted by molar-refractivity contribution is 5.94. The van der Waals surface area contributed by atoms with Gasteiger partial charge in [0.15, 0.2) is 0 Å². The summed E-state index contributed by atoms with van der Waals surface area (Å²) >= 11 is 0. The predicted octanol–water partition coefficient (Wildman–Crippen LogP) is 2.65. The maximum atomic E-state index is 12.4. The number of methoxy groups -OCH3 is 2. The number of carboxylic acids is 1. The second-order valence-corrected chi connectivity index (χ2v) is 4.94. The van der Waals surface area contributed by atoms with E-state index in [2.05, 4.69) is 5.32 Å². The molecule has 0 radical (unpaired) electrons. The summed E-state index contributed by atoms with van der Waals surface area (Å²) in [6, 6.07) is 11.0. The number of nitrogens with one attached hydrogen (secondary N) is 1. The van der Waals surface area contributed by atoms with Crippen LogP contribution in [0, 0.1) is 0 Å². The lowest BCUT2D eigenvalue weighted by Gasteiger charge is -2.20. The van der Waals surface area contributed by atoms with Crippen molar-refractivity contribution in [2.24, 2.45) is 0 Å². The fraction of sp³-hybridized carbons (Fsp3) is 0.222. The smallest absolute Gasteiger partial charge is 0.305 e. The molecule has 0 fully saturated rings. The Labute approximate surface area is 141 Å². The van der Waals surface area contributed by atoms with Gasteiger partial charge >= 0.3 is 5.97 Å². The standard InChI is InChI=1S/C18H19NO5/c1-23-13-8-9-14(16(10-13)24-2)15(11-17(20)21)19-18(22)12-6-4-3-5-7-12/h3-10,15H,11H2,1-2H3,(H,19,22)(H,20,21)/i15D. The van der Waals surface area contributed by atoms with Crippen LogP contribution in [0.4, 0.5) is 0 Å². The van der Waals surface area contributed by atoms with E-state index in [1.54, 1.807) is 36.4 Å². The largest absolute Gasteiger partial charge is 0.497 e. The van der Waals surface area contributed by atoms with Gasteiger partial charge in [-0.15, -0.1) is 0 Å². The molecular formula is C18H19NO5. The minimum atomic E-state index is -1.91. The number of carbonyl (C=O) groups is 2. The molecule has 0 heterocycles. The van der Waals surface area contributed by atoms with Gasteiger partial charge in [-0.2, -0.15) is 0 Å². The van der Waals surface area contributed by atoms with E-state index in [1.807, 2.05) is 0 Å². The second kappa shape index (κ2) is 8.01. The molecule has 6 heteroatoms. The van der Waals surface area contributed by atoms with Gasteiger partial charge in [-0.1, -0.05) is 18.2 Å². The van der Waals surface area contributed by atoms with Gasteiger partial charge in [0, 0.05) is 17.2 Å². The summed E-state index contributed by atoms with van der Waals surface area (Å²) in [5.74, 6) is -1.02. The third-order valence-corrected chi connectivity index (χ3v) is 3.36. The predicted molar refractivity (Wildman–Crippen MR) is 88.4 cm³/mol. The number of aliphatic carboxylic acids is 1. The molecule has 0 aliphatic heterocycles. The molecule has 0 aromatic heterocycles. The average Bonchev–Trinajstić information content (AvgIpc) is 2.61. The highest BCUT2D eigenvalue weighted by Gasteiger charge is 2.22. The maximum absolute atomic E-state index is 12.4. The molecule has 0 bridgehead atoms. The summed E-state index contributed by atoms with van der Waals surface area (Å²) < 4.78 is 19.0. The molecule has 1 amide bonds. The molecule has 6 nitrogen and oxygen atoms in total. The van der Waals surface area contributed by atoms with E-state index in [9.17, 15) is 14.7 Å². The molecule has 0 aliphatic rings. The highest BCUT2D eigenvalue weighted by Crippen LogP contribution is 2.31. The lowest BCUT2D eigenvalue weighted by molar-refractivity contribution is -0.137. The monoisotopic (exact) mass is 330 g/mol. The summed E-state index contributed by atoms with van der Waals surface area (Å²) in [5, 5.41) is 11.7. The summed E-state index contributed by atoms with van der Waals surface area (Å²) in [6.07, 6.45) is -0.631. The van der Waals surface area contributed by atoms with Gasteiger partial charge in [-0.3, -0.25) is 9.59 Å². The van der Waals surface area contributed by atoms with E-state index in [0.717, 1.165) is 0 Å². The van der Waals surface area contributed by atoms with Crippen LogP contribution in [0.25, 0.3) is 0 Å². The van der Waals surface area contributed by atoms with E-state index >= 15 is 0 Å². The Balaban J connectivity index is 2.44. The zero-order valence-electron chi connectivity index (χ0n) is 14.4. The zero-order valence-corrected chi connectivity index (χ0v) is 13.4. The number of rotatable bonds is 7. The number of amides is 1. The van der Waals surface area contributed by atoms with Gasteiger partial charge in [-0.05, 0) is 24.3 Å². The molecule has 0 saturated carbocycles. The molecule has 2 aromatic rings. The number of hydrogen-bond donors (Lipinski definition) is 2. The van der Waals surface area contributed by atoms with E-state index in [1.165, 1.54) is 26.4 Å². The summed E-state index contributed by atoms with van der Waals surface area (Å²) in [4.78, 5) is 23.7. The van der Waals surface area contributed by atoms with Crippen molar-refractivity contribution in [3.8, 4) is 11.5 Å². The molecule has 1 unspecified atom stereocenters. The van der Waals surface area contributed by atoms with E-state index in [0.29, 0.717) is 11.3 Å². The molecule has 2 aromatic carbocycles. The topological polar surface area (TPSA) is 84.9 Å². The zero-order chi connectivity index (χ0) is 18.4. The Morgan fingerprint density at radius 2 is 1.88 bits per heavy atom. The molecule has 2 N–H and O–H groups in total. The second-order valence-electron chi connectivity index (χ2n) is 4.94. The lowest BCUT2D eigenvalue weighted by atomic mass is 10.0. The summed E-state index contributed by atoms with van der Waals surface area (Å²) in [7, 11) is 2.88. The van der Waals surface area contributed by atoms with Crippen LogP contribution in [-0.4, -0.2) is 31.2 Å². The molecule has 24 heavy (non-hydrogen) atoms. The average molecular weight is 330 g/mol. The number of benzene rings is 2. The highest BCUT2D eigenvalue weighted by atomic mass is 16.5. The Bertz CT molecular complexity index is 765. The van der Waals surface area contributed by atoms with Gasteiger partial charge in [-0.25, -0.2) is 0 Å². The van der Waals surface area contributed by atoms with Crippen molar-refractivity contribution in [2.75, 3.05) is 14.2 Å². The van der Waals surface area contributed by atoms with Crippen molar-refractivity contribution < 1.29 is 25.5 Å². The molecule has 2 rings (SSSR count). The number of carbonyl (C=O) groups excluding carboxylic acids is 1. The van der Waals surface area contributed by atoms with E-state index in [4.69, 9.17) is 10.8 Å². The molecule has 0 spiro atoms. The molecule has 0 saturated heterocycles. The number of hydrogen-bond acceptors (Lipinski definition) is 4. The summed E-state index contributed by atoms with van der Waals surface area (Å²) in [5.41, 5.74) is 0.555. The quantitative estimate of drug-likeness (QED) is 0.815. The first kappa shape index (κ1) is 15.9. The Morgan fingerprint density at radius 1 is 1.17 bits per heavy atom. The van der Waals surface area contributed by atoms with Gasteiger partial charge in [0.1, 0.15) is 11.5 Å².